The number of rotatable bonds is 8. The quantitative estimate of drug-likeness (QED) is 0.549. The summed E-state index contributed by atoms with van der Waals surface area (Å²) in [6, 6.07) is 9.73. The number of ether oxygens (including phenoxy) is 4. The Morgan fingerprint density at radius 3 is 2.25 bits per heavy atom. The zero-order valence-corrected chi connectivity index (χ0v) is 16.0. The molecule has 0 aliphatic rings. The number of carbonyl (C=O) groups excluding carboxylic acids is 3. The lowest BCUT2D eigenvalue weighted by molar-refractivity contribution is -0.123. The Bertz CT molecular complexity index is 879. The Balaban J connectivity index is 2.22. The highest BCUT2D eigenvalue weighted by atomic mass is 16.6. The average Bonchev–Trinajstić information content (AvgIpc) is 2.72. The number of para-hydroxylation sites is 2. The number of hydrogen-bond acceptors (Lipinski definition) is 7. The summed E-state index contributed by atoms with van der Waals surface area (Å²) in [6.07, 6.45) is -0.647. The summed E-state index contributed by atoms with van der Waals surface area (Å²) in [4.78, 5) is 36.4. The van der Waals surface area contributed by atoms with Crippen LogP contribution < -0.4 is 19.5 Å². The summed E-state index contributed by atoms with van der Waals surface area (Å²) in [7, 11) is 4.21. The van der Waals surface area contributed by atoms with Gasteiger partial charge in [-0.05, 0) is 31.2 Å². The monoisotopic (exact) mass is 387 g/mol. The van der Waals surface area contributed by atoms with Crippen molar-refractivity contribution in [3.8, 4) is 17.2 Å². The summed E-state index contributed by atoms with van der Waals surface area (Å²) >= 11 is 0. The zero-order valence-electron chi connectivity index (χ0n) is 16.0. The lowest BCUT2D eigenvalue weighted by Crippen LogP contribution is -2.30. The second-order valence-corrected chi connectivity index (χ2v) is 5.62. The maximum Gasteiger partial charge on any atom is 0.343 e. The molecule has 148 valence electrons. The maximum absolute atomic E-state index is 12.6. The molecule has 0 saturated heterocycles. The van der Waals surface area contributed by atoms with E-state index in [1.807, 2.05) is 0 Å². The largest absolute Gasteiger partial charge is 0.495 e. The summed E-state index contributed by atoms with van der Waals surface area (Å²) in [6.45, 7) is 1.41. The molecule has 0 saturated carbocycles. The van der Waals surface area contributed by atoms with Crippen LogP contribution in [0, 0.1) is 0 Å². The molecule has 0 spiro atoms. The first-order chi connectivity index (χ1) is 13.5. The van der Waals surface area contributed by atoms with E-state index in [0.717, 1.165) is 0 Å². The molecular formula is C20H21NO7. The topological polar surface area (TPSA) is 100 Å². The van der Waals surface area contributed by atoms with Crippen LogP contribution in [-0.4, -0.2) is 45.6 Å². The number of hydrogen-bond donors (Lipinski definition) is 1. The fourth-order valence-electron chi connectivity index (χ4n) is 2.51. The number of methoxy groups -OCH3 is 3. The van der Waals surface area contributed by atoms with Crippen LogP contribution in [0.3, 0.4) is 0 Å². The van der Waals surface area contributed by atoms with Gasteiger partial charge in [0.05, 0.1) is 27.0 Å². The Labute approximate surface area is 162 Å². The molecule has 0 heterocycles. The van der Waals surface area contributed by atoms with E-state index in [0.29, 0.717) is 17.7 Å². The third-order valence-corrected chi connectivity index (χ3v) is 3.93. The molecule has 0 fully saturated rings. The van der Waals surface area contributed by atoms with Crippen molar-refractivity contribution in [3.05, 3.63) is 47.5 Å². The van der Waals surface area contributed by atoms with Crippen molar-refractivity contribution >= 4 is 23.9 Å². The van der Waals surface area contributed by atoms with E-state index in [2.05, 4.69) is 5.32 Å². The predicted molar refractivity (Wildman–Crippen MR) is 101 cm³/mol. The fourth-order valence-corrected chi connectivity index (χ4v) is 2.51. The van der Waals surface area contributed by atoms with Crippen molar-refractivity contribution in [2.45, 2.75) is 13.0 Å². The predicted octanol–water partition coefficient (Wildman–Crippen LogP) is 2.71. The number of carbonyl (C=O) groups is 3. The average molecular weight is 387 g/mol. The van der Waals surface area contributed by atoms with E-state index >= 15 is 0 Å². The highest BCUT2D eigenvalue weighted by Crippen LogP contribution is 2.33. The third-order valence-electron chi connectivity index (χ3n) is 3.93. The third kappa shape index (κ3) is 4.40. The highest BCUT2D eigenvalue weighted by Gasteiger charge is 2.26. The van der Waals surface area contributed by atoms with Crippen LogP contribution in [0.5, 0.6) is 17.2 Å². The zero-order chi connectivity index (χ0) is 20.7. The first-order valence-electron chi connectivity index (χ1n) is 8.31. The molecule has 0 radical (unpaired) electrons. The van der Waals surface area contributed by atoms with Gasteiger partial charge in [-0.15, -0.1) is 0 Å². The van der Waals surface area contributed by atoms with Gasteiger partial charge in [0, 0.05) is 5.56 Å². The number of anilines is 1. The van der Waals surface area contributed by atoms with Crippen molar-refractivity contribution in [1.29, 1.82) is 0 Å². The normalized spacial score (nSPS) is 11.1. The van der Waals surface area contributed by atoms with Crippen LogP contribution in [0.4, 0.5) is 5.69 Å². The van der Waals surface area contributed by atoms with Gasteiger partial charge in [0.2, 0.25) is 0 Å². The van der Waals surface area contributed by atoms with Crippen molar-refractivity contribution in [2.75, 3.05) is 26.6 Å². The SMILES string of the molecule is COc1ccccc1NC(=O)[C@H](C)OC(=O)c1c(C=O)ccc(OC)c1OC. The van der Waals surface area contributed by atoms with E-state index in [4.69, 9.17) is 18.9 Å². The van der Waals surface area contributed by atoms with Gasteiger partial charge >= 0.3 is 5.97 Å². The van der Waals surface area contributed by atoms with E-state index < -0.39 is 18.0 Å². The molecule has 1 N–H and O–H groups in total. The fraction of sp³-hybridized carbons (Fsp3) is 0.250. The second-order valence-electron chi connectivity index (χ2n) is 5.62. The van der Waals surface area contributed by atoms with Crippen LogP contribution in [0.15, 0.2) is 36.4 Å². The van der Waals surface area contributed by atoms with Gasteiger partial charge in [0.25, 0.3) is 5.91 Å². The number of nitrogens with one attached hydrogen (secondary N) is 1. The van der Waals surface area contributed by atoms with E-state index in [1.54, 1.807) is 24.3 Å². The summed E-state index contributed by atoms with van der Waals surface area (Å²) in [5, 5.41) is 2.63. The molecule has 2 aromatic carbocycles. The molecule has 2 aromatic rings. The molecule has 8 heteroatoms. The molecule has 8 nitrogen and oxygen atoms in total. The maximum atomic E-state index is 12.6. The van der Waals surface area contributed by atoms with Gasteiger partial charge in [-0.3, -0.25) is 9.59 Å². The van der Waals surface area contributed by atoms with Gasteiger partial charge in [0.1, 0.15) is 11.3 Å². The van der Waals surface area contributed by atoms with E-state index in [1.165, 1.54) is 40.4 Å². The lowest BCUT2D eigenvalue weighted by atomic mass is 10.1. The van der Waals surface area contributed by atoms with Gasteiger partial charge in [-0.25, -0.2) is 4.79 Å². The number of benzene rings is 2. The molecule has 1 atom stereocenters. The van der Waals surface area contributed by atoms with E-state index in [9.17, 15) is 14.4 Å². The molecule has 0 aliphatic carbocycles. The van der Waals surface area contributed by atoms with Gasteiger partial charge < -0.3 is 24.3 Å². The molecule has 0 bridgehead atoms. The smallest absolute Gasteiger partial charge is 0.343 e. The van der Waals surface area contributed by atoms with Crippen LogP contribution in [0.2, 0.25) is 0 Å². The molecular weight excluding hydrogens is 366 g/mol. The van der Waals surface area contributed by atoms with Crippen molar-refractivity contribution < 1.29 is 33.3 Å². The Kier molecular flexibility index (Phi) is 6.97. The Morgan fingerprint density at radius 1 is 0.964 bits per heavy atom. The first kappa shape index (κ1) is 20.8. The second kappa shape index (κ2) is 9.40. The van der Waals surface area contributed by atoms with Crippen LogP contribution >= 0.6 is 0 Å². The Morgan fingerprint density at radius 2 is 1.64 bits per heavy atom. The van der Waals surface area contributed by atoms with Gasteiger partial charge in [-0.2, -0.15) is 0 Å². The molecule has 0 aromatic heterocycles. The lowest BCUT2D eigenvalue weighted by Gasteiger charge is -2.17. The van der Waals surface area contributed by atoms with Crippen molar-refractivity contribution in [1.82, 2.24) is 0 Å². The van der Waals surface area contributed by atoms with E-state index in [-0.39, 0.29) is 22.6 Å². The number of esters is 1. The first-order valence-corrected chi connectivity index (χ1v) is 8.31. The minimum atomic E-state index is -1.15. The highest BCUT2D eigenvalue weighted by molar-refractivity contribution is 6.03. The molecule has 0 aliphatic heterocycles. The van der Waals surface area contributed by atoms with Crippen LogP contribution in [0.25, 0.3) is 0 Å². The summed E-state index contributed by atoms with van der Waals surface area (Å²) in [5.41, 5.74) is 0.374. The molecule has 2 rings (SSSR count). The van der Waals surface area contributed by atoms with Crippen LogP contribution in [0.1, 0.15) is 27.6 Å². The van der Waals surface area contributed by atoms with Gasteiger partial charge in [0.15, 0.2) is 23.9 Å². The standard InChI is InChI=1S/C20H21NO7/c1-12(19(23)21-14-7-5-6-8-15(14)25-2)28-20(24)17-13(11-22)9-10-16(26-3)18(17)27-4/h5-12H,1-4H3,(H,21,23)/t12-/m0/s1. The minimum absolute atomic E-state index is 0.0504. The minimum Gasteiger partial charge on any atom is -0.495 e. The van der Waals surface area contributed by atoms with Gasteiger partial charge in [-0.1, -0.05) is 12.1 Å². The summed E-state index contributed by atoms with van der Waals surface area (Å²) in [5.74, 6) is -0.680. The molecule has 1 amide bonds. The van der Waals surface area contributed by atoms with Crippen molar-refractivity contribution in [2.24, 2.45) is 0 Å². The van der Waals surface area contributed by atoms with Crippen LogP contribution in [-0.2, 0) is 9.53 Å². The molecule has 28 heavy (non-hydrogen) atoms. The van der Waals surface area contributed by atoms with Crippen molar-refractivity contribution in [3.63, 3.8) is 0 Å². The summed E-state index contributed by atoms with van der Waals surface area (Å²) < 4.78 is 20.8. The Hall–Kier alpha value is -3.55. The molecule has 0 unspecified atom stereocenters. The number of aldehydes is 1. The number of amides is 1.